The molecular weight excluding hydrogens is 254 g/mol. The SMILES string of the molecule is c1ccc2c(-c3nc4c(s3)NCCCC4)c[nH]c2c1. The number of nitrogens with zero attached hydrogens (tertiary/aromatic N) is 1. The third kappa shape index (κ3) is 1.83. The normalized spacial score (nSPS) is 14.9. The van der Waals surface area contributed by atoms with E-state index < -0.39 is 0 Å². The predicted octanol–water partition coefficient (Wildman–Crippen LogP) is 4.04. The van der Waals surface area contributed by atoms with Gasteiger partial charge in [-0.15, -0.1) is 0 Å². The zero-order valence-electron chi connectivity index (χ0n) is 10.6. The first kappa shape index (κ1) is 11.1. The van der Waals surface area contributed by atoms with Crippen molar-refractivity contribution >= 4 is 27.2 Å². The summed E-state index contributed by atoms with van der Waals surface area (Å²) < 4.78 is 0. The second kappa shape index (κ2) is 4.38. The fourth-order valence-corrected chi connectivity index (χ4v) is 3.71. The lowest BCUT2D eigenvalue weighted by Gasteiger charge is -1.97. The van der Waals surface area contributed by atoms with Gasteiger partial charge >= 0.3 is 0 Å². The van der Waals surface area contributed by atoms with Crippen molar-refractivity contribution in [1.29, 1.82) is 0 Å². The first-order chi connectivity index (χ1) is 9.42. The molecule has 4 heteroatoms. The van der Waals surface area contributed by atoms with Crippen LogP contribution in [-0.4, -0.2) is 16.5 Å². The van der Waals surface area contributed by atoms with Gasteiger partial charge < -0.3 is 10.3 Å². The van der Waals surface area contributed by atoms with Gasteiger partial charge in [-0.2, -0.15) is 0 Å². The molecular formula is C15H15N3S. The Morgan fingerprint density at radius 2 is 2.11 bits per heavy atom. The Labute approximate surface area is 115 Å². The highest BCUT2D eigenvalue weighted by Gasteiger charge is 2.16. The maximum Gasteiger partial charge on any atom is 0.127 e. The van der Waals surface area contributed by atoms with E-state index in [4.69, 9.17) is 4.98 Å². The number of nitrogens with one attached hydrogen (secondary N) is 2. The number of aromatic nitrogens is 2. The summed E-state index contributed by atoms with van der Waals surface area (Å²) in [5, 5.41) is 7.14. The van der Waals surface area contributed by atoms with Crippen molar-refractivity contribution in [2.24, 2.45) is 0 Å². The minimum Gasteiger partial charge on any atom is -0.375 e. The lowest BCUT2D eigenvalue weighted by Crippen LogP contribution is -1.96. The molecule has 0 bridgehead atoms. The topological polar surface area (TPSA) is 40.7 Å². The number of hydrogen-bond donors (Lipinski definition) is 2. The molecule has 19 heavy (non-hydrogen) atoms. The molecule has 0 radical (unpaired) electrons. The van der Waals surface area contributed by atoms with E-state index in [1.807, 2.05) is 0 Å². The molecule has 0 saturated carbocycles. The molecule has 0 atom stereocenters. The molecule has 0 fully saturated rings. The van der Waals surface area contributed by atoms with E-state index >= 15 is 0 Å². The second-order valence-electron chi connectivity index (χ2n) is 4.93. The van der Waals surface area contributed by atoms with Gasteiger partial charge in [0, 0.05) is 29.2 Å². The summed E-state index contributed by atoms with van der Waals surface area (Å²) >= 11 is 1.78. The van der Waals surface area contributed by atoms with Gasteiger partial charge in [-0.3, -0.25) is 0 Å². The molecule has 96 valence electrons. The molecule has 0 amide bonds. The number of benzene rings is 1. The van der Waals surface area contributed by atoms with Crippen LogP contribution in [-0.2, 0) is 6.42 Å². The highest BCUT2D eigenvalue weighted by molar-refractivity contribution is 7.19. The Kier molecular flexibility index (Phi) is 2.55. The molecule has 0 aliphatic carbocycles. The molecule has 1 aliphatic rings. The average molecular weight is 269 g/mol. The summed E-state index contributed by atoms with van der Waals surface area (Å²) in [5.74, 6) is 0. The molecule has 2 N–H and O–H groups in total. The van der Waals surface area contributed by atoms with Gasteiger partial charge in [0.15, 0.2) is 0 Å². The summed E-state index contributed by atoms with van der Waals surface area (Å²) in [7, 11) is 0. The second-order valence-corrected chi connectivity index (χ2v) is 5.93. The summed E-state index contributed by atoms with van der Waals surface area (Å²) in [6, 6.07) is 8.40. The lowest BCUT2D eigenvalue weighted by molar-refractivity contribution is 0.775. The van der Waals surface area contributed by atoms with E-state index in [1.165, 1.54) is 40.0 Å². The number of hydrogen-bond acceptors (Lipinski definition) is 3. The maximum absolute atomic E-state index is 4.84. The largest absolute Gasteiger partial charge is 0.375 e. The van der Waals surface area contributed by atoms with Gasteiger partial charge in [-0.1, -0.05) is 29.5 Å². The fourth-order valence-electron chi connectivity index (χ4n) is 2.64. The van der Waals surface area contributed by atoms with Crippen molar-refractivity contribution in [3.63, 3.8) is 0 Å². The summed E-state index contributed by atoms with van der Waals surface area (Å²) in [5.41, 5.74) is 3.63. The van der Waals surface area contributed by atoms with Crippen molar-refractivity contribution in [2.75, 3.05) is 11.9 Å². The molecule has 1 aliphatic heterocycles. The predicted molar refractivity (Wildman–Crippen MR) is 80.8 cm³/mol. The number of aromatic amines is 1. The molecule has 3 aromatic rings. The van der Waals surface area contributed by atoms with Gasteiger partial charge in [0.25, 0.3) is 0 Å². The van der Waals surface area contributed by atoms with E-state index in [0.29, 0.717) is 0 Å². The Hall–Kier alpha value is -1.81. The zero-order chi connectivity index (χ0) is 12.7. The van der Waals surface area contributed by atoms with Gasteiger partial charge in [0.2, 0.25) is 0 Å². The lowest BCUT2D eigenvalue weighted by atomic mass is 10.2. The molecule has 3 nitrogen and oxygen atoms in total. The van der Waals surface area contributed by atoms with Crippen LogP contribution in [0.3, 0.4) is 0 Å². The van der Waals surface area contributed by atoms with Gasteiger partial charge in [-0.25, -0.2) is 4.98 Å². The Bertz CT molecular complexity index is 702. The minimum atomic E-state index is 1.07. The van der Waals surface area contributed by atoms with Crippen LogP contribution >= 0.6 is 11.3 Å². The number of anilines is 1. The number of H-pyrrole nitrogens is 1. The van der Waals surface area contributed by atoms with Gasteiger partial charge in [0.1, 0.15) is 10.0 Å². The highest BCUT2D eigenvalue weighted by atomic mass is 32.1. The third-order valence-corrected chi connectivity index (χ3v) is 4.73. The van der Waals surface area contributed by atoms with E-state index in [0.717, 1.165) is 18.0 Å². The van der Waals surface area contributed by atoms with Gasteiger partial charge in [-0.05, 0) is 25.3 Å². The standard InChI is InChI=1S/C15H15N3S/c1-2-6-12-10(5-1)11(9-17-12)14-18-13-7-3-4-8-16-15(13)19-14/h1-2,5-6,9,16-17H,3-4,7-8H2. The van der Waals surface area contributed by atoms with Crippen LogP contribution in [0.1, 0.15) is 18.5 Å². The summed E-state index contributed by atoms with van der Waals surface area (Å²) in [6.07, 6.45) is 5.65. The smallest absolute Gasteiger partial charge is 0.127 e. The Morgan fingerprint density at radius 3 is 3.11 bits per heavy atom. The summed E-state index contributed by atoms with van der Waals surface area (Å²) in [6.45, 7) is 1.07. The Morgan fingerprint density at radius 1 is 1.16 bits per heavy atom. The van der Waals surface area contributed by atoms with E-state index in [9.17, 15) is 0 Å². The monoisotopic (exact) mass is 269 g/mol. The van der Waals surface area contributed by atoms with Crippen LogP contribution in [0.15, 0.2) is 30.5 Å². The maximum atomic E-state index is 4.84. The fraction of sp³-hybridized carbons (Fsp3) is 0.267. The van der Waals surface area contributed by atoms with E-state index in [2.05, 4.69) is 40.8 Å². The van der Waals surface area contributed by atoms with Crippen LogP contribution in [0.4, 0.5) is 5.00 Å². The van der Waals surface area contributed by atoms with Crippen LogP contribution in [0, 0.1) is 0 Å². The van der Waals surface area contributed by atoms with Crippen LogP contribution in [0.5, 0.6) is 0 Å². The number of aryl methyl sites for hydroxylation is 1. The number of para-hydroxylation sites is 1. The van der Waals surface area contributed by atoms with Crippen molar-refractivity contribution in [3.8, 4) is 10.6 Å². The number of rotatable bonds is 1. The van der Waals surface area contributed by atoms with E-state index in [-0.39, 0.29) is 0 Å². The molecule has 0 spiro atoms. The van der Waals surface area contributed by atoms with Crippen molar-refractivity contribution in [2.45, 2.75) is 19.3 Å². The van der Waals surface area contributed by atoms with Crippen LogP contribution < -0.4 is 5.32 Å². The number of fused-ring (bicyclic) bond motifs is 2. The molecule has 3 heterocycles. The van der Waals surface area contributed by atoms with Crippen molar-refractivity contribution < 1.29 is 0 Å². The average Bonchev–Trinajstić information content (AvgIpc) is 2.97. The van der Waals surface area contributed by atoms with E-state index in [1.54, 1.807) is 11.3 Å². The highest BCUT2D eigenvalue weighted by Crippen LogP contribution is 2.37. The van der Waals surface area contributed by atoms with Crippen molar-refractivity contribution in [1.82, 2.24) is 9.97 Å². The first-order valence-corrected chi connectivity index (χ1v) is 7.53. The Balaban J connectivity index is 1.84. The molecule has 1 aromatic carbocycles. The molecule has 0 saturated heterocycles. The summed E-state index contributed by atoms with van der Waals surface area (Å²) in [4.78, 5) is 8.17. The minimum absolute atomic E-state index is 1.07. The van der Waals surface area contributed by atoms with Crippen LogP contribution in [0.2, 0.25) is 0 Å². The van der Waals surface area contributed by atoms with Gasteiger partial charge in [0.05, 0.1) is 5.69 Å². The first-order valence-electron chi connectivity index (χ1n) is 6.72. The molecule has 2 aromatic heterocycles. The van der Waals surface area contributed by atoms with Crippen molar-refractivity contribution in [3.05, 3.63) is 36.2 Å². The zero-order valence-corrected chi connectivity index (χ0v) is 11.4. The quantitative estimate of drug-likeness (QED) is 0.700. The number of thiazole rings is 1. The molecule has 4 rings (SSSR count). The third-order valence-electron chi connectivity index (χ3n) is 3.64. The molecule has 0 unspecified atom stereocenters. The van der Waals surface area contributed by atoms with Crippen LogP contribution in [0.25, 0.3) is 21.5 Å².